The normalized spacial score (nSPS) is 17.4. The second-order valence-corrected chi connectivity index (χ2v) is 10.6. The van der Waals surface area contributed by atoms with Gasteiger partial charge in [0.1, 0.15) is 12.5 Å². The number of aliphatic hydroxyl groups excluding tert-OH is 1. The number of aliphatic hydroxyl groups is 1. The van der Waals surface area contributed by atoms with Gasteiger partial charge in [0.25, 0.3) is 0 Å². The molecule has 1 heterocycles. The van der Waals surface area contributed by atoms with Crippen molar-refractivity contribution in [1.29, 1.82) is 0 Å². The van der Waals surface area contributed by atoms with Gasteiger partial charge in [0.15, 0.2) is 0 Å². The molecule has 0 spiro atoms. The average Bonchev–Trinajstić information content (AvgIpc) is 3.03. The number of ether oxygens (including phenoxy) is 1. The summed E-state index contributed by atoms with van der Waals surface area (Å²) in [5.74, 6) is -0.0834. The summed E-state index contributed by atoms with van der Waals surface area (Å²) in [4.78, 5) is 25.0. The van der Waals surface area contributed by atoms with Gasteiger partial charge in [-0.3, -0.25) is 10.1 Å². The van der Waals surface area contributed by atoms with E-state index in [1.54, 1.807) is 7.05 Å². The molecule has 0 aromatic heterocycles. The van der Waals surface area contributed by atoms with Crippen LogP contribution in [0.3, 0.4) is 0 Å². The Labute approximate surface area is 255 Å². The number of carbonyl (C=O) groups excluding carboxylic acids is 1. The van der Waals surface area contributed by atoms with Crippen LogP contribution in [0, 0.1) is 10.8 Å². The Morgan fingerprint density at radius 2 is 1.90 bits per heavy atom. The van der Waals surface area contributed by atoms with Crippen molar-refractivity contribution in [3.63, 3.8) is 0 Å². The zero-order valence-corrected chi connectivity index (χ0v) is 27.3. The van der Waals surface area contributed by atoms with E-state index in [4.69, 9.17) is 15.6 Å². The first-order valence-electron chi connectivity index (χ1n) is 15.5. The molecule has 0 aliphatic carbocycles. The lowest BCUT2D eigenvalue weighted by atomic mass is 9.90. The molecule has 1 aromatic rings. The van der Waals surface area contributed by atoms with Gasteiger partial charge in [0.2, 0.25) is 0 Å². The zero-order valence-electron chi connectivity index (χ0n) is 27.3. The molecule has 8 heteroatoms. The Balaban J connectivity index is 0.00000107. The quantitative estimate of drug-likeness (QED) is 0.0908. The molecule has 0 bridgehead atoms. The Hall–Kier alpha value is -2.65. The predicted molar refractivity (Wildman–Crippen MR) is 177 cm³/mol. The number of nitroso groups, excluding NO2 is 1. The number of allylic oxidation sites excluding steroid dienone is 5. The number of nitrogens with one attached hydrogen (secondary N) is 1. The van der Waals surface area contributed by atoms with Gasteiger partial charge in [-0.05, 0) is 75.9 Å². The molecular formula is C34H58N4O4. The molecule has 0 radical (unpaired) electrons. The largest absolute Gasteiger partial charge is 0.402 e. The van der Waals surface area contributed by atoms with Crippen molar-refractivity contribution in [2.75, 3.05) is 40.9 Å². The van der Waals surface area contributed by atoms with Gasteiger partial charge in [0.05, 0.1) is 6.10 Å². The number of nitrogens with two attached hydrogens (primary N) is 1. The van der Waals surface area contributed by atoms with Crippen molar-refractivity contribution in [3.05, 3.63) is 69.8 Å². The van der Waals surface area contributed by atoms with Crippen LogP contribution in [0.15, 0.2) is 58.9 Å². The Bertz CT molecular complexity index is 937. The van der Waals surface area contributed by atoms with Crippen LogP contribution in [-0.2, 0) is 16.0 Å². The monoisotopic (exact) mass is 586 g/mol. The number of benzene rings is 1. The van der Waals surface area contributed by atoms with E-state index in [0.29, 0.717) is 23.8 Å². The van der Waals surface area contributed by atoms with Crippen LogP contribution in [0.2, 0.25) is 0 Å². The van der Waals surface area contributed by atoms with E-state index in [9.17, 15) is 9.70 Å². The number of likely N-dealkylation sites (N-methyl/N-ethyl adjacent to an activating group) is 1. The van der Waals surface area contributed by atoms with Crippen LogP contribution < -0.4 is 11.1 Å². The highest BCUT2D eigenvalue weighted by atomic mass is 16.5. The lowest BCUT2D eigenvalue weighted by Crippen LogP contribution is -2.33. The Kier molecular flexibility index (Phi) is 23.3. The SMILES string of the molecule is CC/C=C\C=C(\c1ccc(C/C(C=O)=C(/N)CCCC)cc1)C(C)C(N=O)NC.CCN(C)CC1CCCCO1.CO. The first-order valence-corrected chi connectivity index (χ1v) is 15.5. The maximum Gasteiger partial charge on any atom is 0.148 e. The third-order valence-corrected chi connectivity index (χ3v) is 7.39. The summed E-state index contributed by atoms with van der Waals surface area (Å²) in [6.07, 6.45) is 15.1. The number of aldehydes is 1. The van der Waals surface area contributed by atoms with E-state index in [1.807, 2.05) is 43.3 Å². The van der Waals surface area contributed by atoms with Crippen molar-refractivity contribution in [2.45, 2.75) is 91.3 Å². The average molecular weight is 587 g/mol. The predicted octanol–water partition coefficient (Wildman–Crippen LogP) is 6.24. The molecule has 1 aliphatic heterocycles. The van der Waals surface area contributed by atoms with Crippen molar-refractivity contribution >= 4 is 11.9 Å². The summed E-state index contributed by atoms with van der Waals surface area (Å²) in [5, 5.41) is 13.2. The van der Waals surface area contributed by atoms with Crippen molar-refractivity contribution in [3.8, 4) is 0 Å². The van der Waals surface area contributed by atoms with Crippen molar-refractivity contribution in [2.24, 2.45) is 16.8 Å². The molecule has 1 aliphatic rings. The van der Waals surface area contributed by atoms with Crippen LogP contribution in [0.4, 0.5) is 0 Å². The second-order valence-electron chi connectivity index (χ2n) is 10.6. The van der Waals surface area contributed by atoms with E-state index in [2.05, 4.69) is 49.3 Å². The summed E-state index contributed by atoms with van der Waals surface area (Å²) in [7, 11) is 4.89. The lowest BCUT2D eigenvalue weighted by molar-refractivity contribution is -0.105. The summed E-state index contributed by atoms with van der Waals surface area (Å²) in [6.45, 7) is 11.6. The molecule has 1 fully saturated rings. The number of rotatable bonds is 16. The molecule has 3 unspecified atom stereocenters. The van der Waals surface area contributed by atoms with E-state index in [-0.39, 0.29) is 5.92 Å². The van der Waals surface area contributed by atoms with Gasteiger partial charge in [-0.2, -0.15) is 0 Å². The van der Waals surface area contributed by atoms with Crippen LogP contribution >= 0.6 is 0 Å². The van der Waals surface area contributed by atoms with Gasteiger partial charge in [-0.15, -0.1) is 4.91 Å². The maximum absolute atomic E-state index is 11.5. The van der Waals surface area contributed by atoms with E-state index in [1.165, 1.54) is 19.3 Å². The molecular weight excluding hydrogens is 528 g/mol. The Morgan fingerprint density at radius 3 is 2.40 bits per heavy atom. The zero-order chi connectivity index (χ0) is 31.8. The molecule has 1 saturated heterocycles. The summed E-state index contributed by atoms with van der Waals surface area (Å²) >= 11 is 0. The minimum Gasteiger partial charge on any atom is -0.402 e. The molecule has 238 valence electrons. The molecule has 0 saturated carbocycles. The highest BCUT2D eigenvalue weighted by molar-refractivity contribution is 5.75. The minimum absolute atomic E-state index is 0.0834. The highest BCUT2D eigenvalue weighted by Gasteiger charge is 2.21. The van der Waals surface area contributed by atoms with Gasteiger partial charge < -0.3 is 20.5 Å². The fourth-order valence-corrected chi connectivity index (χ4v) is 4.60. The first-order chi connectivity index (χ1) is 20.3. The first kappa shape index (κ1) is 39.4. The summed E-state index contributed by atoms with van der Waals surface area (Å²) in [6, 6.07) is 8.08. The third-order valence-electron chi connectivity index (χ3n) is 7.39. The molecule has 3 atom stereocenters. The number of hydrogen-bond acceptors (Lipinski definition) is 8. The van der Waals surface area contributed by atoms with Gasteiger partial charge >= 0.3 is 0 Å². The number of nitrogens with zero attached hydrogens (tertiary/aromatic N) is 2. The van der Waals surface area contributed by atoms with Gasteiger partial charge in [-0.25, -0.2) is 0 Å². The Morgan fingerprint density at radius 1 is 1.21 bits per heavy atom. The fourth-order valence-electron chi connectivity index (χ4n) is 4.60. The van der Waals surface area contributed by atoms with E-state index >= 15 is 0 Å². The molecule has 42 heavy (non-hydrogen) atoms. The third kappa shape index (κ3) is 15.5. The topological polar surface area (TPSA) is 117 Å². The van der Waals surface area contributed by atoms with Crippen LogP contribution in [0.25, 0.3) is 5.57 Å². The van der Waals surface area contributed by atoms with Crippen LogP contribution in [0.1, 0.15) is 83.8 Å². The van der Waals surface area contributed by atoms with Crippen LogP contribution in [-0.4, -0.2) is 69.5 Å². The maximum atomic E-state index is 11.5. The van der Waals surface area contributed by atoms with Crippen molar-refractivity contribution in [1.82, 2.24) is 10.2 Å². The van der Waals surface area contributed by atoms with E-state index < -0.39 is 6.17 Å². The second kappa shape index (κ2) is 24.9. The standard InChI is InChI=1S/C24H35N3O2.C9H19NO.CH4O/c1-5-7-9-10-22(18(3)24(26-4)27-29)20-14-12-19(13-15-20)16-21(17-28)23(25)11-8-6-2;1-3-10(2)8-9-6-4-5-7-11-9;1-2/h7,9-10,12-15,17-18,24,26H,5-6,8,11,16,25H2,1-4H3;9H,3-8H2,1-2H3;2H,1H3/b9-7-,22-10+,23-21-;;. The molecule has 8 nitrogen and oxygen atoms in total. The molecule has 1 aromatic carbocycles. The van der Waals surface area contributed by atoms with Crippen molar-refractivity contribution < 1.29 is 14.6 Å². The fraction of sp³-hybridized carbons (Fsp3) is 0.618. The minimum atomic E-state index is -0.501. The number of unbranched alkanes of at least 4 members (excludes halogenated alkanes) is 1. The summed E-state index contributed by atoms with van der Waals surface area (Å²) < 4.78 is 5.61. The molecule has 0 amide bonds. The van der Waals surface area contributed by atoms with Gasteiger partial charge in [0, 0.05) is 43.9 Å². The molecule has 2 rings (SSSR count). The van der Waals surface area contributed by atoms with E-state index in [0.717, 1.165) is 75.5 Å². The highest BCUT2D eigenvalue weighted by Crippen LogP contribution is 2.27. The smallest absolute Gasteiger partial charge is 0.148 e. The van der Waals surface area contributed by atoms with Crippen LogP contribution in [0.5, 0.6) is 0 Å². The number of hydrogen-bond donors (Lipinski definition) is 3. The molecule has 4 N–H and O–H groups in total. The number of carbonyl (C=O) groups is 1. The van der Waals surface area contributed by atoms with Gasteiger partial charge in [-0.1, -0.05) is 81.8 Å². The summed E-state index contributed by atoms with van der Waals surface area (Å²) in [5.41, 5.74) is 10.5. The lowest BCUT2D eigenvalue weighted by Gasteiger charge is -2.26.